The summed E-state index contributed by atoms with van der Waals surface area (Å²) in [6, 6.07) is 14.6. The van der Waals surface area contributed by atoms with Crippen molar-refractivity contribution in [1.82, 2.24) is 19.7 Å². The van der Waals surface area contributed by atoms with Crippen molar-refractivity contribution in [2.45, 2.75) is 43.8 Å². The fourth-order valence-electron chi connectivity index (χ4n) is 3.59. The van der Waals surface area contributed by atoms with Crippen LogP contribution in [0.15, 0.2) is 53.0 Å². The van der Waals surface area contributed by atoms with Crippen LogP contribution in [0.2, 0.25) is 0 Å². The van der Waals surface area contributed by atoms with Gasteiger partial charge in [0.05, 0.1) is 5.75 Å². The Kier molecular flexibility index (Phi) is 6.12. The average Bonchev–Trinajstić information content (AvgIpc) is 3.37. The topological polar surface area (TPSA) is 51.0 Å². The Morgan fingerprint density at radius 3 is 2.79 bits per heavy atom. The van der Waals surface area contributed by atoms with Crippen LogP contribution < -0.4 is 0 Å². The normalized spacial score (nSPS) is 17.0. The summed E-state index contributed by atoms with van der Waals surface area (Å²) >= 11 is 3.20. The van der Waals surface area contributed by atoms with Crippen LogP contribution in [0.1, 0.15) is 36.9 Å². The Hall–Kier alpha value is -2.12. The average molecular weight is 413 g/mol. The molecule has 1 atom stereocenters. The van der Waals surface area contributed by atoms with Crippen LogP contribution in [0.5, 0.6) is 0 Å². The monoisotopic (exact) mass is 412 g/mol. The lowest BCUT2D eigenvalue weighted by molar-refractivity contribution is -0.131. The van der Waals surface area contributed by atoms with Crippen LogP contribution in [0, 0.1) is 0 Å². The molecular weight excluding hydrogens is 388 g/mol. The summed E-state index contributed by atoms with van der Waals surface area (Å²) in [6.07, 6.45) is 4.15. The third kappa shape index (κ3) is 4.31. The van der Waals surface area contributed by atoms with Gasteiger partial charge in [0.2, 0.25) is 5.91 Å². The second-order valence-corrected chi connectivity index (χ2v) is 9.02. The van der Waals surface area contributed by atoms with Gasteiger partial charge in [-0.05, 0) is 49.8 Å². The van der Waals surface area contributed by atoms with Gasteiger partial charge in [-0.2, -0.15) is 0 Å². The van der Waals surface area contributed by atoms with Crippen LogP contribution in [0.25, 0.3) is 5.69 Å². The van der Waals surface area contributed by atoms with Crippen molar-refractivity contribution in [3.8, 4) is 5.69 Å². The molecule has 0 aliphatic carbocycles. The molecule has 1 unspecified atom stereocenters. The summed E-state index contributed by atoms with van der Waals surface area (Å²) in [4.78, 5) is 16.0. The maximum atomic E-state index is 12.7. The summed E-state index contributed by atoms with van der Waals surface area (Å²) < 4.78 is 2.08. The van der Waals surface area contributed by atoms with Crippen LogP contribution in [0.4, 0.5) is 0 Å². The van der Waals surface area contributed by atoms with Gasteiger partial charge in [0.15, 0.2) is 5.16 Å². The Balaban J connectivity index is 1.54. The SMILES string of the molecule is CC1CCCCN1C(=O)CSc1nnc(Cc2cccs2)n1-c1ccccc1. The van der Waals surface area contributed by atoms with E-state index in [2.05, 4.69) is 51.3 Å². The molecular formula is C21H24N4OS2. The van der Waals surface area contributed by atoms with Crippen LogP contribution >= 0.6 is 23.1 Å². The molecule has 7 heteroatoms. The second-order valence-electron chi connectivity index (χ2n) is 7.05. The summed E-state index contributed by atoms with van der Waals surface area (Å²) in [7, 11) is 0. The van der Waals surface area contributed by atoms with Crippen molar-refractivity contribution in [3.05, 3.63) is 58.5 Å². The number of likely N-dealkylation sites (tertiary alicyclic amines) is 1. The van der Waals surface area contributed by atoms with Gasteiger partial charge in [-0.15, -0.1) is 21.5 Å². The van der Waals surface area contributed by atoms with E-state index < -0.39 is 0 Å². The van der Waals surface area contributed by atoms with Crippen molar-refractivity contribution in [1.29, 1.82) is 0 Å². The molecule has 2 aromatic heterocycles. The highest BCUT2D eigenvalue weighted by molar-refractivity contribution is 7.99. The van der Waals surface area contributed by atoms with Gasteiger partial charge in [-0.25, -0.2) is 0 Å². The van der Waals surface area contributed by atoms with Crippen LogP contribution in [-0.2, 0) is 11.2 Å². The summed E-state index contributed by atoms with van der Waals surface area (Å²) in [5.74, 6) is 1.49. The summed E-state index contributed by atoms with van der Waals surface area (Å²) in [6.45, 7) is 3.02. The highest BCUT2D eigenvalue weighted by Gasteiger charge is 2.24. The smallest absolute Gasteiger partial charge is 0.233 e. The fourth-order valence-corrected chi connectivity index (χ4v) is 5.15. The lowest BCUT2D eigenvalue weighted by Crippen LogP contribution is -2.42. The van der Waals surface area contributed by atoms with E-state index in [1.165, 1.54) is 23.1 Å². The van der Waals surface area contributed by atoms with Gasteiger partial charge in [-0.1, -0.05) is 36.0 Å². The number of thiophene rings is 1. The molecule has 1 fully saturated rings. The van der Waals surface area contributed by atoms with Crippen molar-refractivity contribution < 1.29 is 4.79 Å². The van der Waals surface area contributed by atoms with Crippen LogP contribution in [0.3, 0.4) is 0 Å². The minimum absolute atomic E-state index is 0.194. The third-order valence-electron chi connectivity index (χ3n) is 5.08. The molecule has 0 N–H and O–H groups in total. The number of nitrogens with zero attached hydrogens (tertiary/aromatic N) is 4. The van der Waals surface area contributed by atoms with Crippen molar-refractivity contribution in [2.75, 3.05) is 12.3 Å². The van der Waals surface area contributed by atoms with E-state index in [-0.39, 0.29) is 5.91 Å². The van der Waals surface area contributed by atoms with Crippen molar-refractivity contribution in [3.63, 3.8) is 0 Å². The Morgan fingerprint density at radius 1 is 1.18 bits per heavy atom. The molecule has 1 saturated heterocycles. The number of carbonyl (C=O) groups excluding carboxylic acids is 1. The van der Waals surface area contributed by atoms with Crippen molar-refractivity contribution in [2.24, 2.45) is 0 Å². The van der Waals surface area contributed by atoms with E-state index >= 15 is 0 Å². The van der Waals surface area contributed by atoms with Gasteiger partial charge in [0.25, 0.3) is 0 Å². The van der Waals surface area contributed by atoms with E-state index in [9.17, 15) is 4.79 Å². The van der Waals surface area contributed by atoms with Crippen LogP contribution in [-0.4, -0.2) is 43.9 Å². The Labute approximate surface area is 173 Å². The molecule has 0 spiro atoms. The number of hydrogen-bond acceptors (Lipinski definition) is 5. The zero-order valence-electron chi connectivity index (χ0n) is 16.0. The van der Waals surface area contributed by atoms with E-state index in [0.717, 1.165) is 42.5 Å². The van der Waals surface area contributed by atoms with Gasteiger partial charge in [-0.3, -0.25) is 9.36 Å². The number of para-hydroxylation sites is 1. The lowest BCUT2D eigenvalue weighted by atomic mass is 10.0. The maximum absolute atomic E-state index is 12.7. The third-order valence-corrected chi connectivity index (χ3v) is 6.87. The first kappa shape index (κ1) is 19.2. The van der Waals surface area contributed by atoms with Gasteiger partial charge < -0.3 is 4.90 Å². The second kappa shape index (κ2) is 8.92. The Bertz CT molecular complexity index is 908. The number of aromatic nitrogens is 3. The zero-order valence-corrected chi connectivity index (χ0v) is 17.6. The molecule has 1 aliphatic heterocycles. The minimum atomic E-state index is 0.194. The highest BCUT2D eigenvalue weighted by Crippen LogP contribution is 2.26. The number of carbonyl (C=O) groups is 1. The minimum Gasteiger partial charge on any atom is -0.339 e. The van der Waals surface area contributed by atoms with E-state index in [1.807, 2.05) is 23.1 Å². The first-order valence-electron chi connectivity index (χ1n) is 9.67. The fraction of sp³-hybridized carbons (Fsp3) is 0.381. The number of rotatable bonds is 6. The molecule has 1 aliphatic rings. The highest BCUT2D eigenvalue weighted by atomic mass is 32.2. The molecule has 146 valence electrons. The number of amides is 1. The predicted octanol–water partition coefficient (Wildman–Crippen LogP) is 4.41. The quantitative estimate of drug-likeness (QED) is 0.563. The first-order valence-corrected chi connectivity index (χ1v) is 11.5. The molecule has 3 heterocycles. The summed E-state index contributed by atoms with van der Waals surface area (Å²) in [5.41, 5.74) is 1.03. The maximum Gasteiger partial charge on any atom is 0.233 e. The van der Waals surface area contributed by atoms with Gasteiger partial charge in [0.1, 0.15) is 5.82 Å². The zero-order chi connectivity index (χ0) is 19.3. The lowest BCUT2D eigenvalue weighted by Gasteiger charge is -2.33. The summed E-state index contributed by atoms with van der Waals surface area (Å²) in [5, 5.41) is 11.7. The van der Waals surface area contributed by atoms with Crippen molar-refractivity contribution >= 4 is 29.0 Å². The molecule has 0 saturated carbocycles. The number of benzene rings is 1. The Morgan fingerprint density at radius 2 is 2.04 bits per heavy atom. The number of piperidine rings is 1. The molecule has 28 heavy (non-hydrogen) atoms. The largest absolute Gasteiger partial charge is 0.339 e. The molecule has 1 aromatic carbocycles. The van der Waals surface area contributed by atoms with E-state index in [0.29, 0.717) is 11.8 Å². The number of thioether (sulfide) groups is 1. The van der Waals surface area contributed by atoms with Gasteiger partial charge >= 0.3 is 0 Å². The molecule has 0 radical (unpaired) electrons. The molecule has 3 aromatic rings. The van der Waals surface area contributed by atoms with Gasteiger partial charge in [0, 0.05) is 29.6 Å². The molecule has 4 rings (SSSR count). The molecule has 5 nitrogen and oxygen atoms in total. The van der Waals surface area contributed by atoms with E-state index in [4.69, 9.17) is 0 Å². The van der Waals surface area contributed by atoms with E-state index in [1.54, 1.807) is 11.3 Å². The first-order chi connectivity index (χ1) is 13.7. The molecule has 0 bridgehead atoms. The molecule has 1 amide bonds. The number of hydrogen-bond donors (Lipinski definition) is 0. The standard InChI is InChI=1S/C21H24N4OS2/c1-16-8-5-6-12-24(16)20(26)15-28-21-23-22-19(14-18-11-7-13-27-18)25(21)17-9-3-2-4-10-17/h2-4,7,9-11,13,16H,5-6,8,12,14-15H2,1H3. The predicted molar refractivity (Wildman–Crippen MR) is 114 cm³/mol.